The van der Waals surface area contributed by atoms with Gasteiger partial charge in [0, 0.05) is 37.6 Å². The van der Waals surface area contributed by atoms with Gasteiger partial charge in [-0.15, -0.1) is 0 Å². The first-order valence-electron chi connectivity index (χ1n) is 11.2. The van der Waals surface area contributed by atoms with E-state index in [1.807, 2.05) is 12.1 Å². The number of thioether (sulfide) groups is 1. The van der Waals surface area contributed by atoms with E-state index in [9.17, 15) is 9.59 Å². The van der Waals surface area contributed by atoms with Gasteiger partial charge in [-0.25, -0.2) is 9.97 Å². The van der Waals surface area contributed by atoms with Gasteiger partial charge < -0.3 is 14.6 Å². The first-order chi connectivity index (χ1) is 16.7. The van der Waals surface area contributed by atoms with Crippen molar-refractivity contribution in [1.29, 1.82) is 0 Å². The van der Waals surface area contributed by atoms with Crippen LogP contribution >= 0.6 is 11.8 Å². The zero-order valence-corrected chi connectivity index (χ0v) is 19.3. The Hall–Kier alpha value is -3.50. The minimum Gasteiger partial charge on any atom is -0.472 e. The molecule has 0 saturated carbocycles. The second-order valence-corrected chi connectivity index (χ2v) is 9.23. The van der Waals surface area contributed by atoms with Gasteiger partial charge in [0.05, 0.1) is 28.8 Å². The highest BCUT2D eigenvalue weighted by Gasteiger charge is 2.25. The molecule has 0 aliphatic carbocycles. The topological polar surface area (TPSA) is 113 Å². The molecule has 5 heterocycles. The number of hydrogen-bond acceptors (Lipinski definition) is 9. The lowest BCUT2D eigenvalue weighted by Gasteiger charge is -2.32. The van der Waals surface area contributed by atoms with Crippen LogP contribution in [0.5, 0.6) is 0 Å². The fraction of sp³-hybridized carbons (Fsp3) is 0.292. The van der Waals surface area contributed by atoms with Crippen LogP contribution in [0.15, 0.2) is 58.5 Å². The van der Waals surface area contributed by atoms with E-state index in [0.29, 0.717) is 22.5 Å². The van der Waals surface area contributed by atoms with Gasteiger partial charge in [-0.3, -0.25) is 19.9 Å². The number of nitrogens with one attached hydrogen (secondary N) is 2. The molecule has 2 aliphatic rings. The van der Waals surface area contributed by atoms with Crippen LogP contribution in [0.3, 0.4) is 0 Å². The Balaban J connectivity index is 1.13. The quantitative estimate of drug-likeness (QED) is 0.495. The fourth-order valence-corrected chi connectivity index (χ4v) is 4.81. The lowest BCUT2D eigenvalue weighted by atomic mass is 9.97. The zero-order chi connectivity index (χ0) is 23.3. The third-order valence-corrected chi connectivity index (χ3v) is 6.73. The SMILES string of the molecule is O=C1NC(=O)/C(=C\c2ccnc(N3CCC(CNCc4cccnc4-c4ccoc4)CC3)n2)S1. The normalized spacial score (nSPS) is 18.0. The van der Waals surface area contributed by atoms with Crippen molar-refractivity contribution >= 4 is 34.9 Å². The molecule has 2 fully saturated rings. The van der Waals surface area contributed by atoms with Gasteiger partial charge in [-0.2, -0.15) is 0 Å². The Bertz CT molecular complexity index is 1200. The number of aromatic nitrogens is 3. The smallest absolute Gasteiger partial charge is 0.290 e. The highest BCUT2D eigenvalue weighted by Crippen LogP contribution is 2.26. The molecule has 0 atom stereocenters. The van der Waals surface area contributed by atoms with Crippen molar-refractivity contribution in [2.75, 3.05) is 24.5 Å². The van der Waals surface area contributed by atoms with Crippen LogP contribution in [-0.2, 0) is 11.3 Å². The summed E-state index contributed by atoms with van der Waals surface area (Å²) in [5.41, 5.74) is 3.70. The van der Waals surface area contributed by atoms with Crippen molar-refractivity contribution in [2.45, 2.75) is 19.4 Å². The van der Waals surface area contributed by atoms with Crippen LogP contribution in [-0.4, -0.2) is 45.7 Å². The molecule has 0 bridgehead atoms. The predicted octanol–water partition coefficient (Wildman–Crippen LogP) is 3.46. The third kappa shape index (κ3) is 5.18. The maximum absolute atomic E-state index is 11.8. The number of carbonyl (C=O) groups excluding carboxylic acids is 2. The summed E-state index contributed by atoms with van der Waals surface area (Å²) in [5, 5.41) is 5.49. The highest BCUT2D eigenvalue weighted by molar-refractivity contribution is 8.18. The predicted molar refractivity (Wildman–Crippen MR) is 130 cm³/mol. The second-order valence-electron chi connectivity index (χ2n) is 8.22. The summed E-state index contributed by atoms with van der Waals surface area (Å²) < 4.78 is 5.21. The number of anilines is 1. The number of rotatable bonds is 7. The zero-order valence-electron chi connectivity index (χ0n) is 18.4. The molecule has 0 radical (unpaired) electrons. The van der Waals surface area contributed by atoms with Crippen LogP contribution in [0.4, 0.5) is 10.7 Å². The maximum atomic E-state index is 11.8. The highest BCUT2D eigenvalue weighted by atomic mass is 32.2. The molecular weight excluding hydrogens is 452 g/mol. The minimum absolute atomic E-state index is 0.351. The molecule has 2 amide bonds. The number of hydrogen-bond donors (Lipinski definition) is 2. The number of imide groups is 1. The van der Waals surface area contributed by atoms with Crippen molar-refractivity contribution in [3.8, 4) is 11.3 Å². The van der Waals surface area contributed by atoms with E-state index in [1.54, 1.807) is 37.1 Å². The molecule has 2 aliphatic heterocycles. The molecule has 10 heteroatoms. The van der Waals surface area contributed by atoms with Crippen molar-refractivity contribution < 1.29 is 14.0 Å². The molecule has 2 N–H and O–H groups in total. The van der Waals surface area contributed by atoms with Gasteiger partial charge in [0.1, 0.15) is 0 Å². The average molecular weight is 477 g/mol. The van der Waals surface area contributed by atoms with E-state index in [-0.39, 0.29) is 11.1 Å². The van der Waals surface area contributed by atoms with Crippen LogP contribution in [0.1, 0.15) is 24.1 Å². The maximum Gasteiger partial charge on any atom is 0.290 e. The summed E-state index contributed by atoms with van der Waals surface area (Å²) in [6.07, 6.45) is 10.6. The number of amides is 2. The summed E-state index contributed by atoms with van der Waals surface area (Å²) in [4.78, 5) is 39.2. The lowest BCUT2D eigenvalue weighted by Crippen LogP contribution is -2.38. The Morgan fingerprint density at radius 3 is 2.82 bits per heavy atom. The summed E-state index contributed by atoms with van der Waals surface area (Å²) in [6, 6.07) is 7.71. The molecule has 174 valence electrons. The number of furan rings is 1. The third-order valence-electron chi connectivity index (χ3n) is 5.92. The standard InChI is InChI=1S/C24H24N6O3S/c31-22-20(34-24(32)29-22)12-19-3-8-27-23(28-19)30-9-4-16(5-10-30)13-25-14-17-2-1-7-26-21(17)18-6-11-33-15-18/h1-3,6-8,11-12,15-16,25H,4-5,9-10,13-14H2,(H,29,31,32)/b20-12+. The number of nitrogens with zero attached hydrogens (tertiary/aromatic N) is 4. The molecule has 3 aromatic heterocycles. The molecule has 2 saturated heterocycles. The molecule has 0 spiro atoms. The summed E-state index contributed by atoms with van der Waals surface area (Å²) in [6.45, 7) is 3.42. The van der Waals surface area contributed by atoms with E-state index in [4.69, 9.17) is 4.42 Å². The summed E-state index contributed by atoms with van der Waals surface area (Å²) in [7, 11) is 0. The van der Waals surface area contributed by atoms with Crippen molar-refractivity contribution in [2.24, 2.45) is 5.92 Å². The fourth-order valence-electron chi connectivity index (χ4n) is 4.14. The van der Waals surface area contributed by atoms with E-state index in [1.165, 1.54) is 0 Å². The first kappa shape index (κ1) is 22.3. The van der Waals surface area contributed by atoms with Crippen LogP contribution in [0, 0.1) is 5.92 Å². The van der Waals surface area contributed by atoms with Crippen molar-refractivity contribution in [3.05, 3.63) is 65.3 Å². The molecule has 34 heavy (non-hydrogen) atoms. The Labute approximate surface area is 201 Å². The van der Waals surface area contributed by atoms with E-state index in [0.717, 1.165) is 67.6 Å². The number of carbonyl (C=O) groups is 2. The van der Waals surface area contributed by atoms with Crippen molar-refractivity contribution in [3.63, 3.8) is 0 Å². The van der Waals surface area contributed by atoms with E-state index < -0.39 is 0 Å². The first-order valence-corrected chi connectivity index (χ1v) is 12.0. The molecular formula is C24H24N6O3S. The minimum atomic E-state index is -0.383. The van der Waals surface area contributed by atoms with Gasteiger partial charge in [-0.1, -0.05) is 6.07 Å². The number of piperidine rings is 1. The Kier molecular flexibility index (Phi) is 6.68. The summed E-state index contributed by atoms with van der Waals surface area (Å²) >= 11 is 0.888. The molecule has 9 nitrogen and oxygen atoms in total. The van der Waals surface area contributed by atoms with Gasteiger partial charge in [0.25, 0.3) is 11.1 Å². The van der Waals surface area contributed by atoms with Crippen molar-refractivity contribution in [1.82, 2.24) is 25.6 Å². The van der Waals surface area contributed by atoms with Gasteiger partial charge in [0.15, 0.2) is 0 Å². The molecule has 0 unspecified atom stereocenters. The van der Waals surface area contributed by atoms with Crippen LogP contribution in [0.25, 0.3) is 17.3 Å². The van der Waals surface area contributed by atoms with Crippen LogP contribution < -0.4 is 15.5 Å². The largest absolute Gasteiger partial charge is 0.472 e. The molecule has 5 rings (SSSR count). The monoisotopic (exact) mass is 476 g/mol. The van der Waals surface area contributed by atoms with E-state index in [2.05, 4.69) is 36.6 Å². The van der Waals surface area contributed by atoms with Gasteiger partial charge >= 0.3 is 0 Å². The van der Waals surface area contributed by atoms with E-state index >= 15 is 0 Å². The summed E-state index contributed by atoms with van der Waals surface area (Å²) in [5.74, 6) is 0.836. The van der Waals surface area contributed by atoms with Gasteiger partial charge in [0.2, 0.25) is 5.95 Å². The Morgan fingerprint density at radius 2 is 2.06 bits per heavy atom. The second kappa shape index (κ2) is 10.2. The average Bonchev–Trinajstić information content (AvgIpc) is 3.50. The number of pyridine rings is 1. The van der Waals surface area contributed by atoms with Crippen LogP contribution in [0.2, 0.25) is 0 Å². The Morgan fingerprint density at radius 1 is 1.18 bits per heavy atom. The lowest BCUT2D eigenvalue weighted by molar-refractivity contribution is -0.115. The molecule has 3 aromatic rings. The molecule has 0 aromatic carbocycles. The van der Waals surface area contributed by atoms with Gasteiger partial charge in [-0.05, 0) is 66.9 Å².